The van der Waals surface area contributed by atoms with Crippen LogP contribution in [-0.4, -0.2) is 78.8 Å². The van der Waals surface area contributed by atoms with Crippen molar-refractivity contribution in [2.45, 2.75) is 19.4 Å². The molecule has 1 aromatic heterocycles. The summed E-state index contributed by atoms with van der Waals surface area (Å²) in [4.78, 5) is 32.7. The molecule has 1 fully saturated rings. The zero-order valence-corrected chi connectivity index (χ0v) is 24.8. The number of benzene rings is 3. The smallest absolute Gasteiger partial charge is 0.242 e. The summed E-state index contributed by atoms with van der Waals surface area (Å²) in [5, 5.41) is 8.90. The van der Waals surface area contributed by atoms with Gasteiger partial charge >= 0.3 is 0 Å². The van der Waals surface area contributed by atoms with Gasteiger partial charge < -0.3 is 24.2 Å². The van der Waals surface area contributed by atoms with Gasteiger partial charge in [-0.3, -0.25) is 9.59 Å². The van der Waals surface area contributed by atoms with Gasteiger partial charge in [-0.15, -0.1) is 10.2 Å². The van der Waals surface area contributed by atoms with E-state index in [1.807, 2.05) is 103 Å². The lowest BCUT2D eigenvalue weighted by atomic mass is 10.0. The Bertz CT molecular complexity index is 1510. The van der Waals surface area contributed by atoms with Crippen LogP contribution in [0.2, 0.25) is 0 Å². The molecule has 9 nitrogen and oxygen atoms in total. The molecule has 4 aromatic rings. The second kappa shape index (κ2) is 13.8. The molecule has 43 heavy (non-hydrogen) atoms. The van der Waals surface area contributed by atoms with Gasteiger partial charge in [0.05, 0.1) is 32.4 Å². The molecule has 0 aliphatic carbocycles. The molecule has 1 aliphatic heterocycles. The van der Waals surface area contributed by atoms with Crippen LogP contribution >= 0.6 is 0 Å². The molecular formula is C34H37N5O4. The van der Waals surface area contributed by atoms with E-state index in [0.29, 0.717) is 37.7 Å². The van der Waals surface area contributed by atoms with Gasteiger partial charge in [-0.25, -0.2) is 0 Å². The molecule has 2 amide bonds. The van der Waals surface area contributed by atoms with Crippen LogP contribution in [0.1, 0.15) is 24.1 Å². The molecule has 9 heteroatoms. The quantitative estimate of drug-likeness (QED) is 0.271. The summed E-state index contributed by atoms with van der Waals surface area (Å²) < 4.78 is 10.7. The van der Waals surface area contributed by atoms with Gasteiger partial charge in [-0.2, -0.15) is 0 Å². The lowest BCUT2D eigenvalue weighted by Crippen LogP contribution is -2.52. The Morgan fingerprint density at radius 2 is 1.49 bits per heavy atom. The number of nitrogens with zero attached hydrogens (tertiary/aromatic N) is 5. The highest BCUT2D eigenvalue weighted by molar-refractivity contribution is 5.86. The summed E-state index contributed by atoms with van der Waals surface area (Å²) in [6.45, 7) is 4.34. The van der Waals surface area contributed by atoms with E-state index in [0.717, 1.165) is 28.2 Å². The Morgan fingerprint density at radius 3 is 2.12 bits per heavy atom. The highest BCUT2D eigenvalue weighted by Crippen LogP contribution is 2.31. The molecule has 0 radical (unpaired) electrons. The van der Waals surface area contributed by atoms with E-state index < -0.39 is 0 Å². The van der Waals surface area contributed by atoms with Crippen molar-refractivity contribution in [1.29, 1.82) is 0 Å². The van der Waals surface area contributed by atoms with Gasteiger partial charge in [-0.1, -0.05) is 60.7 Å². The second-order valence-corrected chi connectivity index (χ2v) is 10.5. The van der Waals surface area contributed by atoms with E-state index in [1.54, 1.807) is 19.1 Å². The van der Waals surface area contributed by atoms with Gasteiger partial charge in [0.25, 0.3) is 0 Å². The topological polar surface area (TPSA) is 88.1 Å². The third-order valence-corrected chi connectivity index (χ3v) is 7.86. The Hall–Kier alpha value is -4.92. The van der Waals surface area contributed by atoms with E-state index in [-0.39, 0.29) is 30.8 Å². The molecule has 1 atom stereocenters. The number of piperazine rings is 1. The molecule has 222 valence electrons. The SMILES string of the molecule is COc1ccc(-c2ccc(N3CCN(C(=O)CN(C(=O)Cc4ccccc4)[C@H](C)c4ccccc4)CC3)nn2)cc1OC. The number of hydrogen-bond donors (Lipinski definition) is 0. The average Bonchev–Trinajstić information content (AvgIpc) is 3.07. The van der Waals surface area contributed by atoms with Gasteiger partial charge in [0.1, 0.15) is 6.54 Å². The predicted octanol–water partition coefficient (Wildman–Crippen LogP) is 4.64. The second-order valence-electron chi connectivity index (χ2n) is 10.5. The maximum Gasteiger partial charge on any atom is 0.242 e. The van der Waals surface area contributed by atoms with Crippen molar-refractivity contribution in [1.82, 2.24) is 20.0 Å². The van der Waals surface area contributed by atoms with E-state index in [9.17, 15) is 9.59 Å². The van der Waals surface area contributed by atoms with Crippen molar-refractivity contribution in [3.63, 3.8) is 0 Å². The fourth-order valence-electron chi connectivity index (χ4n) is 5.30. The van der Waals surface area contributed by atoms with Crippen LogP contribution in [0.5, 0.6) is 11.5 Å². The minimum atomic E-state index is -0.234. The maximum absolute atomic E-state index is 13.5. The summed E-state index contributed by atoms with van der Waals surface area (Å²) in [5.74, 6) is 1.92. The van der Waals surface area contributed by atoms with Gasteiger partial charge in [0, 0.05) is 31.7 Å². The minimum absolute atomic E-state index is 0.0293. The first-order valence-electron chi connectivity index (χ1n) is 14.4. The van der Waals surface area contributed by atoms with Crippen LogP contribution in [-0.2, 0) is 16.0 Å². The molecule has 2 heterocycles. The van der Waals surface area contributed by atoms with Crippen LogP contribution in [0.15, 0.2) is 91.0 Å². The first-order chi connectivity index (χ1) is 21.0. The molecule has 0 saturated carbocycles. The fourth-order valence-corrected chi connectivity index (χ4v) is 5.30. The van der Waals surface area contributed by atoms with Crippen LogP contribution in [0, 0.1) is 0 Å². The molecule has 3 aromatic carbocycles. The van der Waals surface area contributed by atoms with Crippen LogP contribution in [0.25, 0.3) is 11.3 Å². The van der Waals surface area contributed by atoms with Crippen LogP contribution < -0.4 is 14.4 Å². The number of hydrogen-bond acceptors (Lipinski definition) is 7. The van der Waals surface area contributed by atoms with Crippen molar-refractivity contribution >= 4 is 17.6 Å². The van der Waals surface area contributed by atoms with Crippen molar-refractivity contribution in [3.05, 3.63) is 102 Å². The summed E-state index contributed by atoms with van der Waals surface area (Å²) in [6.07, 6.45) is 0.247. The van der Waals surface area contributed by atoms with Gasteiger partial charge in [0.2, 0.25) is 11.8 Å². The minimum Gasteiger partial charge on any atom is -0.493 e. The molecule has 0 N–H and O–H groups in total. The number of methoxy groups -OCH3 is 2. The summed E-state index contributed by atoms with van der Waals surface area (Å²) in [6, 6.07) is 28.8. The summed E-state index contributed by atoms with van der Waals surface area (Å²) in [5.41, 5.74) is 3.53. The van der Waals surface area contributed by atoms with E-state index >= 15 is 0 Å². The number of amides is 2. The number of ether oxygens (including phenoxy) is 2. The largest absolute Gasteiger partial charge is 0.493 e. The van der Waals surface area contributed by atoms with Crippen molar-refractivity contribution in [2.75, 3.05) is 51.8 Å². The molecule has 0 unspecified atom stereocenters. The Balaban J connectivity index is 1.22. The lowest BCUT2D eigenvalue weighted by molar-refractivity contribution is -0.142. The zero-order valence-electron chi connectivity index (χ0n) is 24.8. The third-order valence-electron chi connectivity index (χ3n) is 7.86. The highest BCUT2D eigenvalue weighted by atomic mass is 16.5. The summed E-state index contributed by atoms with van der Waals surface area (Å²) >= 11 is 0. The molecule has 0 spiro atoms. The highest BCUT2D eigenvalue weighted by Gasteiger charge is 2.28. The number of rotatable bonds is 10. The molecule has 1 saturated heterocycles. The van der Waals surface area contributed by atoms with Crippen molar-refractivity contribution in [3.8, 4) is 22.8 Å². The Labute approximate surface area is 252 Å². The number of anilines is 1. The number of carbonyl (C=O) groups is 2. The molecule has 1 aliphatic rings. The van der Waals surface area contributed by atoms with Crippen LogP contribution in [0.4, 0.5) is 5.82 Å². The van der Waals surface area contributed by atoms with E-state index in [4.69, 9.17) is 9.47 Å². The monoisotopic (exact) mass is 579 g/mol. The zero-order chi connectivity index (χ0) is 30.2. The van der Waals surface area contributed by atoms with Crippen LogP contribution in [0.3, 0.4) is 0 Å². The lowest BCUT2D eigenvalue weighted by Gasteiger charge is -2.37. The Morgan fingerprint density at radius 1 is 0.814 bits per heavy atom. The predicted molar refractivity (Wildman–Crippen MR) is 166 cm³/mol. The number of carbonyl (C=O) groups excluding carboxylic acids is 2. The normalized spacial score (nSPS) is 13.7. The fraction of sp³-hybridized carbons (Fsp3) is 0.294. The van der Waals surface area contributed by atoms with Crippen molar-refractivity contribution < 1.29 is 19.1 Å². The molecule has 0 bridgehead atoms. The first kappa shape index (κ1) is 29.6. The van der Waals surface area contributed by atoms with E-state index in [1.165, 1.54) is 0 Å². The first-order valence-corrected chi connectivity index (χ1v) is 14.4. The molecular weight excluding hydrogens is 542 g/mol. The van der Waals surface area contributed by atoms with Gasteiger partial charge in [-0.05, 0) is 48.4 Å². The number of aromatic nitrogens is 2. The third kappa shape index (κ3) is 7.12. The molecule has 5 rings (SSSR count). The average molecular weight is 580 g/mol. The summed E-state index contributed by atoms with van der Waals surface area (Å²) in [7, 11) is 3.21. The standard InChI is InChI=1S/C34H37N5O4/c1-25(27-12-8-5-9-13-27)39(33(40)22-26-10-6-4-7-11-26)24-34(41)38-20-18-37(19-21-38)32-17-15-29(35-36-32)28-14-16-30(42-2)31(23-28)43-3/h4-17,23,25H,18-22,24H2,1-3H3/t25-/m1/s1. The van der Waals surface area contributed by atoms with E-state index in [2.05, 4.69) is 15.1 Å². The Kier molecular flexibility index (Phi) is 9.51. The van der Waals surface area contributed by atoms with Crippen molar-refractivity contribution in [2.24, 2.45) is 0 Å². The van der Waals surface area contributed by atoms with Gasteiger partial charge in [0.15, 0.2) is 17.3 Å². The maximum atomic E-state index is 13.5.